The third-order valence-corrected chi connectivity index (χ3v) is 0. The molecule has 5 heavy (non-hydrogen) atoms. The molecule has 0 spiro atoms. The van der Waals surface area contributed by atoms with E-state index in [1.165, 1.54) is 0 Å². The fourth-order valence-electron chi connectivity index (χ4n) is 0. The first-order chi connectivity index (χ1) is 0. The van der Waals surface area contributed by atoms with Gasteiger partial charge in [-0.2, -0.15) is 0 Å². The average molecular weight is 310 g/mol. The maximum atomic E-state index is 0. The minimum atomic E-state index is 0. The minimum Gasteiger partial charge on any atom is -0.412 e. The van der Waals surface area contributed by atoms with Crippen LogP contribution in [0.3, 0.4) is 0 Å². The molecule has 0 heterocycles. The SMILES string of the molecule is O.O.O.O.[U]. The van der Waals surface area contributed by atoms with Gasteiger partial charge >= 0.3 is 0 Å². The summed E-state index contributed by atoms with van der Waals surface area (Å²) in [4.78, 5) is 0. The van der Waals surface area contributed by atoms with Crippen LogP contribution in [0, 0.1) is 31.1 Å². The van der Waals surface area contributed by atoms with Crippen molar-refractivity contribution in [3.63, 3.8) is 0 Å². The molecule has 0 bridgehead atoms. The van der Waals surface area contributed by atoms with Crippen LogP contribution < -0.4 is 0 Å². The zero-order valence-electron chi connectivity index (χ0n) is 2.50. The Morgan fingerprint density at radius 3 is 0.400 bits per heavy atom. The Hall–Kier alpha value is 0.892. The van der Waals surface area contributed by atoms with E-state index in [1.54, 1.807) is 0 Å². The monoisotopic (exact) mass is 310 g/mol. The van der Waals surface area contributed by atoms with Crippen molar-refractivity contribution < 1.29 is 53.0 Å². The van der Waals surface area contributed by atoms with E-state index in [-0.39, 0.29) is 53.0 Å². The van der Waals surface area contributed by atoms with Crippen LogP contribution in [0.1, 0.15) is 0 Å². The first kappa shape index (κ1) is 177. The van der Waals surface area contributed by atoms with Crippen molar-refractivity contribution in [2.24, 2.45) is 0 Å². The van der Waals surface area contributed by atoms with E-state index in [1.807, 2.05) is 0 Å². The van der Waals surface area contributed by atoms with Gasteiger partial charge in [-0.05, 0) is 0 Å². The molecule has 8 N–H and O–H groups in total. The number of rotatable bonds is 0. The first-order valence-corrected chi connectivity index (χ1v) is 0. The van der Waals surface area contributed by atoms with Gasteiger partial charge in [0.2, 0.25) is 0 Å². The molecule has 0 saturated heterocycles. The third-order valence-electron chi connectivity index (χ3n) is 0. The van der Waals surface area contributed by atoms with Gasteiger partial charge in [-0.3, -0.25) is 0 Å². The minimum absolute atomic E-state index is 0. The molecular formula is H8O4U. The normalized spacial score (nSPS) is 0. The molecule has 0 atom stereocenters. The van der Waals surface area contributed by atoms with Crippen molar-refractivity contribution in [2.75, 3.05) is 0 Å². The van der Waals surface area contributed by atoms with Crippen LogP contribution in [0.25, 0.3) is 0 Å². The molecule has 0 saturated carbocycles. The van der Waals surface area contributed by atoms with Crippen molar-refractivity contribution >= 4 is 0 Å². The van der Waals surface area contributed by atoms with E-state index >= 15 is 0 Å². The van der Waals surface area contributed by atoms with Gasteiger partial charge in [-0.1, -0.05) is 0 Å². The molecule has 36 valence electrons. The van der Waals surface area contributed by atoms with Crippen LogP contribution in [-0.4, -0.2) is 21.9 Å². The van der Waals surface area contributed by atoms with Gasteiger partial charge in [0.05, 0.1) is 0 Å². The Labute approximate surface area is 53.2 Å². The molecule has 0 radical (unpaired) electrons. The molecule has 4 nitrogen and oxygen atoms in total. The summed E-state index contributed by atoms with van der Waals surface area (Å²) in [6, 6.07) is 0. The second kappa shape index (κ2) is 93.1. The maximum Gasteiger partial charge on any atom is 0 e. The summed E-state index contributed by atoms with van der Waals surface area (Å²) < 4.78 is 0. The zero-order chi connectivity index (χ0) is 0. The van der Waals surface area contributed by atoms with E-state index in [9.17, 15) is 0 Å². The largest absolute Gasteiger partial charge is 0.412 e. The van der Waals surface area contributed by atoms with Crippen LogP contribution in [0.15, 0.2) is 0 Å². The van der Waals surface area contributed by atoms with Crippen molar-refractivity contribution in [3.8, 4) is 0 Å². The molecule has 0 amide bonds. The molecule has 0 unspecified atom stereocenters. The van der Waals surface area contributed by atoms with Gasteiger partial charge in [0.15, 0.2) is 0 Å². The van der Waals surface area contributed by atoms with Gasteiger partial charge in [-0.15, -0.1) is 0 Å². The van der Waals surface area contributed by atoms with Gasteiger partial charge in [-0.25, -0.2) is 0 Å². The quantitative estimate of drug-likeness (QED) is 0.444. The Kier molecular flexibility index (Phi) is 3300. The standard InChI is InChI=1S/4H2O.U/h4*1H2;. The number of hydrogen-bond acceptors (Lipinski definition) is 0. The summed E-state index contributed by atoms with van der Waals surface area (Å²) in [6.45, 7) is 0. The molecule has 0 aromatic rings. The summed E-state index contributed by atoms with van der Waals surface area (Å²) in [6.07, 6.45) is 0. The predicted molar refractivity (Wildman–Crippen MR) is 14.5 cm³/mol. The van der Waals surface area contributed by atoms with E-state index in [4.69, 9.17) is 0 Å². The van der Waals surface area contributed by atoms with E-state index < -0.39 is 0 Å². The molecule has 0 aromatic heterocycles. The molecular weight excluding hydrogens is 302 g/mol. The van der Waals surface area contributed by atoms with E-state index in [0.29, 0.717) is 0 Å². The van der Waals surface area contributed by atoms with Crippen molar-refractivity contribution in [1.82, 2.24) is 0 Å². The Bertz CT molecular complexity index is 3.61. The van der Waals surface area contributed by atoms with Crippen molar-refractivity contribution in [3.05, 3.63) is 0 Å². The Balaban J connectivity index is 0. The summed E-state index contributed by atoms with van der Waals surface area (Å²) in [5.74, 6) is 0. The summed E-state index contributed by atoms with van der Waals surface area (Å²) in [7, 11) is 0. The van der Waals surface area contributed by atoms with Gasteiger partial charge < -0.3 is 21.9 Å². The Morgan fingerprint density at radius 1 is 0.400 bits per heavy atom. The van der Waals surface area contributed by atoms with Gasteiger partial charge in [0.1, 0.15) is 0 Å². The fourth-order valence-corrected chi connectivity index (χ4v) is 0. The molecule has 5 heteroatoms. The van der Waals surface area contributed by atoms with Gasteiger partial charge in [0.25, 0.3) is 0 Å². The molecule has 0 aromatic carbocycles. The number of hydrogen-bond donors (Lipinski definition) is 0. The summed E-state index contributed by atoms with van der Waals surface area (Å²) in [5, 5.41) is 0. The molecule has 0 aliphatic rings. The molecule has 0 fully saturated rings. The predicted octanol–water partition coefficient (Wildman–Crippen LogP) is -3.30. The molecule has 0 rings (SSSR count). The van der Waals surface area contributed by atoms with Crippen LogP contribution >= 0.6 is 0 Å². The van der Waals surface area contributed by atoms with Crippen molar-refractivity contribution in [1.29, 1.82) is 0 Å². The van der Waals surface area contributed by atoms with E-state index in [2.05, 4.69) is 0 Å². The average Bonchev–Trinajstić information content (AvgIpc) is 0. The van der Waals surface area contributed by atoms with Crippen LogP contribution in [-0.2, 0) is 0 Å². The van der Waals surface area contributed by atoms with Crippen LogP contribution in [0.4, 0.5) is 0 Å². The zero-order valence-corrected chi connectivity index (χ0v) is 6.66. The maximum absolute atomic E-state index is 0. The molecule has 0 aliphatic carbocycles. The molecule has 0 aliphatic heterocycles. The smallest absolute Gasteiger partial charge is 0 e. The van der Waals surface area contributed by atoms with E-state index in [0.717, 1.165) is 0 Å². The fraction of sp³-hybridized carbons (Fsp3) is 0. The second-order valence-electron chi connectivity index (χ2n) is 0. The topological polar surface area (TPSA) is 126 Å². The summed E-state index contributed by atoms with van der Waals surface area (Å²) >= 11 is 0. The third kappa shape index (κ3) is 51.4. The van der Waals surface area contributed by atoms with Crippen molar-refractivity contribution in [2.45, 2.75) is 0 Å². The Morgan fingerprint density at radius 2 is 0.400 bits per heavy atom. The summed E-state index contributed by atoms with van der Waals surface area (Å²) in [5.41, 5.74) is 0. The first-order valence-electron chi connectivity index (χ1n) is 0. The van der Waals surface area contributed by atoms with Gasteiger partial charge in [0, 0.05) is 31.1 Å². The van der Waals surface area contributed by atoms with Crippen LogP contribution in [0.5, 0.6) is 0 Å². The second-order valence-corrected chi connectivity index (χ2v) is 0. The van der Waals surface area contributed by atoms with Crippen LogP contribution in [0.2, 0.25) is 0 Å².